The van der Waals surface area contributed by atoms with Crippen LogP contribution in [0.1, 0.15) is 32.4 Å². The number of esters is 1. The normalized spacial score (nSPS) is 21.7. The predicted molar refractivity (Wildman–Crippen MR) is 103 cm³/mol. The topological polar surface area (TPSA) is 77.4 Å². The molecule has 0 aliphatic carbocycles. The van der Waals surface area contributed by atoms with Gasteiger partial charge >= 0.3 is 5.97 Å². The molecule has 0 radical (unpaired) electrons. The van der Waals surface area contributed by atoms with Gasteiger partial charge in [0.15, 0.2) is 16.7 Å². The first-order chi connectivity index (χ1) is 12.9. The van der Waals surface area contributed by atoms with Crippen LogP contribution in [0.2, 0.25) is 0 Å². The number of thioether (sulfide) groups is 1. The van der Waals surface area contributed by atoms with Gasteiger partial charge in [0.25, 0.3) is 0 Å². The summed E-state index contributed by atoms with van der Waals surface area (Å²) in [7, 11) is 2.87. The van der Waals surface area contributed by atoms with Crippen molar-refractivity contribution < 1.29 is 23.8 Å². The molecule has 1 saturated heterocycles. The van der Waals surface area contributed by atoms with E-state index in [2.05, 4.69) is 4.99 Å². The minimum absolute atomic E-state index is 0.0921. The molecule has 3 rings (SSSR count). The van der Waals surface area contributed by atoms with Crippen LogP contribution in [0, 0.1) is 0 Å². The lowest BCUT2D eigenvalue weighted by molar-refractivity contribution is -0.137. The number of hydrogen-bond acceptors (Lipinski definition) is 7. The Balaban J connectivity index is 2.16. The van der Waals surface area contributed by atoms with Crippen molar-refractivity contribution in [1.29, 1.82) is 0 Å². The number of carbonyl (C=O) groups excluding carboxylic acids is 2. The van der Waals surface area contributed by atoms with Crippen LogP contribution < -0.4 is 9.47 Å². The Labute approximate surface area is 162 Å². The summed E-state index contributed by atoms with van der Waals surface area (Å²) in [5.41, 5.74) is 1.61. The first-order valence-electron chi connectivity index (χ1n) is 8.61. The monoisotopic (exact) mass is 390 g/mol. The minimum Gasteiger partial charge on any atom is -0.493 e. The van der Waals surface area contributed by atoms with Crippen LogP contribution in [0.25, 0.3) is 0 Å². The largest absolute Gasteiger partial charge is 0.493 e. The van der Waals surface area contributed by atoms with Crippen LogP contribution in [0.4, 0.5) is 0 Å². The number of amidine groups is 1. The van der Waals surface area contributed by atoms with Gasteiger partial charge in [-0.1, -0.05) is 17.8 Å². The third kappa shape index (κ3) is 3.29. The molecule has 0 N–H and O–H groups in total. The van der Waals surface area contributed by atoms with E-state index in [-0.39, 0.29) is 11.2 Å². The molecule has 2 heterocycles. The Bertz CT molecular complexity index is 849. The van der Waals surface area contributed by atoms with Gasteiger partial charge in [0.2, 0.25) is 5.91 Å². The number of ether oxygens (including phenoxy) is 3. The molecule has 7 nitrogen and oxygen atoms in total. The average Bonchev–Trinajstić information content (AvgIpc) is 2.94. The second kappa shape index (κ2) is 7.64. The molecule has 2 aliphatic rings. The van der Waals surface area contributed by atoms with Crippen molar-refractivity contribution in [1.82, 2.24) is 4.90 Å². The van der Waals surface area contributed by atoms with Crippen molar-refractivity contribution in [3.8, 4) is 11.5 Å². The number of methoxy groups -OCH3 is 2. The molecular formula is C19H22N2O5S. The highest BCUT2D eigenvalue weighted by atomic mass is 32.2. The fourth-order valence-electron chi connectivity index (χ4n) is 3.22. The molecule has 1 amide bonds. The fourth-order valence-corrected chi connectivity index (χ4v) is 4.25. The predicted octanol–water partition coefficient (Wildman–Crippen LogP) is 2.92. The third-order valence-electron chi connectivity index (χ3n) is 4.47. The minimum atomic E-state index is -0.625. The molecule has 2 atom stereocenters. The van der Waals surface area contributed by atoms with Crippen LogP contribution in [-0.4, -0.2) is 48.0 Å². The molecule has 1 aromatic rings. The van der Waals surface area contributed by atoms with E-state index in [1.165, 1.54) is 18.9 Å². The Hall–Kier alpha value is -2.48. The number of allylic oxidation sites excluding steroid dienone is 1. The van der Waals surface area contributed by atoms with Crippen molar-refractivity contribution >= 4 is 28.8 Å². The molecule has 0 unspecified atom stereocenters. The summed E-state index contributed by atoms with van der Waals surface area (Å²) >= 11 is 1.39. The highest BCUT2D eigenvalue weighted by molar-refractivity contribution is 8.15. The fraction of sp³-hybridized carbons (Fsp3) is 0.421. The highest BCUT2D eigenvalue weighted by Crippen LogP contribution is 2.44. The van der Waals surface area contributed by atoms with E-state index >= 15 is 0 Å². The summed E-state index contributed by atoms with van der Waals surface area (Å²) in [5, 5.41) is 0.330. The van der Waals surface area contributed by atoms with E-state index < -0.39 is 12.0 Å². The smallest absolute Gasteiger partial charge is 0.338 e. The molecule has 144 valence electrons. The molecule has 0 aromatic heterocycles. The molecule has 0 saturated carbocycles. The number of nitrogens with zero attached hydrogens (tertiary/aromatic N) is 2. The summed E-state index contributed by atoms with van der Waals surface area (Å²) in [6.45, 7) is 5.97. The third-order valence-corrected chi connectivity index (χ3v) is 5.52. The standard InChI is InChI=1S/C19H22N2O5S/c1-6-26-13-8-7-12(9-14(13)24-4)16-15(18(23)25-5)10(2)20-19-21(16)17(22)11(3)27-19/h7-9,11,16H,6H2,1-5H3/t11-,16+/m0/s1. The summed E-state index contributed by atoms with van der Waals surface area (Å²) < 4.78 is 16.0. The van der Waals surface area contributed by atoms with Crippen molar-refractivity contribution in [3.63, 3.8) is 0 Å². The van der Waals surface area contributed by atoms with E-state index in [4.69, 9.17) is 14.2 Å². The lowest BCUT2D eigenvalue weighted by Crippen LogP contribution is -2.40. The van der Waals surface area contributed by atoms with Crippen LogP contribution >= 0.6 is 11.8 Å². The molecular weight excluding hydrogens is 368 g/mol. The summed E-state index contributed by atoms with van der Waals surface area (Å²) in [6, 6.07) is 4.78. The number of carbonyl (C=O) groups is 2. The van der Waals surface area contributed by atoms with Gasteiger partial charge in [-0.15, -0.1) is 0 Å². The number of hydrogen-bond donors (Lipinski definition) is 0. The quantitative estimate of drug-likeness (QED) is 0.720. The Morgan fingerprint density at radius 3 is 2.67 bits per heavy atom. The number of benzene rings is 1. The number of rotatable bonds is 5. The lowest BCUT2D eigenvalue weighted by Gasteiger charge is -2.33. The van der Waals surface area contributed by atoms with Crippen LogP contribution in [0.3, 0.4) is 0 Å². The van der Waals surface area contributed by atoms with Crippen LogP contribution in [0.5, 0.6) is 11.5 Å². The van der Waals surface area contributed by atoms with Crippen molar-refractivity contribution in [2.45, 2.75) is 32.1 Å². The van der Waals surface area contributed by atoms with Crippen LogP contribution in [-0.2, 0) is 14.3 Å². The Kier molecular flexibility index (Phi) is 5.46. The van der Waals surface area contributed by atoms with Crippen molar-refractivity contribution in [2.75, 3.05) is 20.8 Å². The van der Waals surface area contributed by atoms with Gasteiger partial charge in [-0.25, -0.2) is 9.79 Å². The second-order valence-electron chi connectivity index (χ2n) is 6.10. The Morgan fingerprint density at radius 2 is 2.04 bits per heavy atom. The molecule has 2 aliphatic heterocycles. The van der Waals surface area contributed by atoms with Crippen LogP contribution in [0.15, 0.2) is 34.5 Å². The maximum absolute atomic E-state index is 12.8. The van der Waals surface area contributed by atoms with Gasteiger partial charge < -0.3 is 14.2 Å². The van der Waals surface area contributed by atoms with E-state index in [1.54, 1.807) is 31.1 Å². The zero-order chi connectivity index (χ0) is 19.7. The molecule has 0 bridgehead atoms. The maximum atomic E-state index is 12.8. The van der Waals surface area contributed by atoms with Gasteiger partial charge in [0, 0.05) is 0 Å². The first-order valence-corrected chi connectivity index (χ1v) is 9.49. The zero-order valence-corrected chi connectivity index (χ0v) is 16.8. The van der Waals surface area contributed by atoms with Gasteiger partial charge in [-0.2, -0.15) is 0 Å². The van der Waals surface area contributed by atoms with Gasteiger partial charge in [0.05, 0.1) is 43.4 Å². The van der Waals surface area contributed by atoms with E-state index in [0.29, 0.717) is 34.5 Å². The van der Waals surface area contributed by atoms with Crippen molar-refractivity contribution in [2.24, 2.45) is 4.99 Å². The SMILES string of the molecule is CCOc1ccc([C@@H]2C(C(=O)OC)=C(C)N=C3S[C@@H](C)C(=O)N32)cc1OC. The average molecular weight is 390 g/mol. The zero-order valence-electron chi connectivity index (χ0n) is 15.9. The molecule has 27 heavy (non-hydrogen) atoms. The van der Waals surface area contributed by atoms with Crippen molar-refractivity contribution in [3.05, 3.63) is 35.0 Å². The molecule has 1 fully saturated rings. The molecule has 8 heteroatoms. The Morgan fingerprint density at radius 1 is 1.30 bits per heavy atom. The summed E-state index contributed by atoms with van der Waals surface area (Å²) in [5.74, 6) is 0.535. The molecule has 0 spiro atoms. The summed E-state index contributed by atoms with van der Waals surface area (Å²) in [4.78, 5) is 31.4. The molecule has 1 aromatic carbocycles. The highest BCUT2D eigenvalue weighted by Gasteiger charge is 2.46. The number of amides is 1. The number of aliphatic imine (C=N–C) groups is 1. The van der Waals surface area contributed by atoms with Gasteiger partial charge in [0.1, 0.15) is 0 Å². The maximum Gasteiger partial charge on any atom is 0.338 e. The van der Waals surface area contributed by atoms with Gasteiger partial charge in [-0.05, 0) is 38.5 Å². The lowest BCUT2D eigenvalue weighted by atomic mass is 9.94. The van der Waals surface area contributed by atoms with Gasteiger partial charge in [-0.3, -0.25) is 9.69 Å². The second-order valence-corrected chi connectivity index (χ2v) is 7.41. The number of fused-ring (bicyclic) bond motifs is 1. The van der Waals surface area contributed by atoms with E-state index in [1.807, 2.05) is 19.9 Å². The summed E-state index contributed by atoms with van der Waals surface area (Å²) in [6.07, 6.45) is 0. The first kappa shape index (κ1) is 19.3. The van der Waals surface area contributed by atoms with E-state index in [9.17, 15) is 9.59 Å². The van der Waals surface area contributed by atoms with E-state index in [0.717, 1.165) is 5.56 Å².